The van der Waals surface area contributed by atoms with Gasteiger partial charge in [-0.15, -0.1) is 0 Å². The Labute approximate surface area is 51.1 Å². The summed E-state index contributed by atoms with van der Waals surface area (Å²) >= 11 is 0. The maximum absolute atomic E-state index is 12.3. The minimum absolute atomic E-state index is 0.219. The summed E-state index contributed by atoms with van der Waals surface area (Å²) in [6.45, 7) is 0. The Bertz CT molecular complexity index is 222. The Morgan fingerprint density at radius 3 is 2.33 bits per heavy atom. The molecule has 0 aliphatic heterocycles. The van der Waals surface area contributed by atoms with Gasteiger partial charge in [0.1, 0.15) is 5.82 Å². The molecule has 0 bridgehead atoms. The normalized spacial score (nSPS) is 9.67. The predicted molar refractivity (Wildman–Crippen MR) is 28.9 cm³/mol. The molecule has 0 fully saturated rings. The van der Waals surface area contributed by atoms with E-state index in [1.54, 1.807) is 0 Å². The zero-order chi connectivity index (χ0) is 6.85. The Hall–Kier alpha value is -0.960. The Kier molecular flexibility index (Phi) is 1.44. The monoisotopic (exact) mass is 130 g/mol. The molecule has 1 aromatic carbocycles. The molecule has 48 valence electrons. The van der Waals surface area contributed by atoms with Crippen LogP contribution in [0.2, 0.25) is 0 Å². The van der Waals surface area contributed by atoms with Gasteiger partial charge in [0.25, 0.3) is 0 Å². The third-order valence-electron chi connectivity index (χ3n) is 1.02. The van der Waals surface area contributed by atoms with Crippen molar-refractivity contribution in [3.8, 4) is 0 Å². The third kappa shape index (κ3) is 1.23. The van der Waals surface area contributed by atoms with E-state index < -0.39 is 11.6 Å². The van der Waals surface area contributed by atoms with E-state index >= 15 is 0 Å². The van der Waals surface area contributed by atoms with Crippen molar-refractivity contribution < 1.29 is 14.5 Å². The van der Waals surface area contributed by atoms with Crippen LogP contribution < -0.4 is 5.73 Å². The lowest BCUT2D eigenvalue weighted by Crippen LogP contribution is -2.41. The first-order chi connectivity index (χ1) is 4.20. The van der Waals surface area contributed by atoms with Crippen molar-refractivity contribution in [1.82, 2.24) is 0 Å². The van der Waals surface area contributed by atoms with Crippen molar-refractivity contribution in [3.05, 3.63) is 29.8 Å². The van der Waals surface area contributed by atoms with Crippen LogP contribution in [0.1, 0.15) is 0 Å². The summed E-state index contributed by atoms with van der Waals surface area (Å²) in [4.78, 5) is 0. The molecule has 0 amide bonds. The number of halogens is 2. The number of hydrogen-bond acceptors (Lipinski definition) is 0. The van der Waals surface area contributed by atoms with Gasteiger partial charge in [-0.3, -0.25) is 0 Å². The van der Waals surface area contributed by atoms with Crippen LogP contribution in [0.15, 0.2) is 18.2 Å². The van der Waals surface area contributed by atoms with Crippen LogP contribution in [0.5, 0.6) is 0 Å². The minimum atomic E-state index is -0.602. The van der Waals surface area contributed by atoms with Crippen LogP contribution in [0.4, 0.5) is 14.5 Å². The van der Waals surface area contributed by atoms with Crippen molar-refractivity contribution in [1.29, 1.82) is 0 Å². The molecular formula is C6H6F2N+. The van der Waals surface area contributed by atoms with Gasteiger partial charge in [0.05, 0.1) is 0 Å². The van der Waals surface area contributed by atoms with Crippen molar-refractivity contribution in [2.45, 2.75) is 0 Å². The first kappa shape index (κ1) is 6.16. The van der Waals surface area contributed by atoms with Gasteiger partial charge in [-0.2, -0.15) is 0 Å². The molecule has 3 N–H and O–H groups in total. The van der Waals surface area contributed by atoms with Crippen molar-refractivity contribution in [2.24, 2.45) is 0 Å². The number of rotatable bonds is 0. The molecule has 1 aromatic rings. The molecule has 9 heavy (non-hydrogen) atoms. The fourth-order valence-corrected chi connectivity index (χ4v) is 0.522. The molecule has 1 rings (SSSR count). The van der Waals surface area contributed by atoms with Gasteiger partial charge >= 0.3 is 0 Å². The molecule has 0 atom stereocenters. The molecule has 0 heterocycles. The van der Waals surface area contributed by atoms with Crippen molar-refractivity contribution in [2.75, 3.05) is 0 Å². The summed E-state index contributed by atoms with van der Waals surface area (Å²) in [5.74, 6) is -1.17. The summed E-state index contributed by atoms with van der Waals surface area (Å²) in [7, 11) is 0. The number of benzene rings is 1. The maximum Gasteiger partial charge on any atom is 0.186 e. The second kappa shape index (κ2) is 2.11. The zero-order valence-corrected chi connectivity index (χ0v) is 4.70. The van der Waals surface area contributed by atoms with E-state index in [0.29, 0.717) is 0 Å². The molecule has 0 radical (unpaired) electrons. The first-order valence-electron chi connectivity index (χ1n) is 2.47. The van der Waals surface area contributed by atoms with E-state index in [4.69, 9.17) is 0 Å². The Balaban J connectivity index is 3.17. The molecule has 0 aliphatic carbocycles. The van der Waals surface area contributed by atoms with Gasteiger partial charge in [0.15, 0.2) is 11.5 Å². The highest BCUT2D eigenvalue weighted by Crippen LogP contribution is 2.07. The lowest BCUT2D eigenvalue weighted by molar-refractivity contribution is -0.258. The molecule has 0 unspecified atom stereocenters. The fraction of sp³-hybridized carbons (Fsp3) is 0. The molecule has 0 aromatic heterocycles. The summed E-state index contributed by atoms with van der Waals surface area (Å²) in [5, 5.41) is 0. The molecule has 1 nitrogen and oxygen atoms in total. The lowest BCUT2D eigenvalue weighted by atomic mass is 10.3. The van der Waals surface area contributed by atoms with E-state index in [0.717, 1.165) is 6.07 Å². The SMILES string of the molecule is [NH3+]c1ccc(F)cc1F. The molecule has 3 heteroatoms. The maximum atomic E-state index is 12.3. The highest BCUT2D eigenvalue weighted by Gasteiger charge is 2.00. The van der Waals surface area contributed by atoms with Gasteiger partial charge in [0.2, 0.25) is 0 Å². The van der Waals surface area contributed by atoms with E-state index in [1.807, 2.05) is 0 Å². The molecule has 0 saturated heterocycles. The zero-order valence-electron chi connectivity index (χ0n) is 4.70. The summed E-state index contributed by atoms with van der Waals surface area (Å²) in [6, 6.07) is 3.28. The standard InChI is InChI=1S/C6H5F2N/c7-4-1-2-6(9)5(8)3-4/h1-3H,9H2/p+1. The topological polar surface area (TPSA) is 27.6 Å². The van der Waals surface area contributed by atoms with Crippen LogP contribution in [-0.4, -0.2) is 0 Å². The fourth-order valence-electron chi connectivity index (χ4n) is 0.522. The quantitative estimate of drug-likeness (QED) is 0.539. The van der Waals surface area contributed by atoms with Crippen LogP contribution in [-0.2, 0) is 0 Å². The first-order valence-corrected chi connectivity index (χ1v) is 2.47. The number of quaternary nitrogens is 1. The van der Waals surface area contributed by atoms with E-state index in [-0.39, 0.29) is 5.69 Å². The largest absolute Gasteiger partial charge is 0.323 e. The number of hydrogen-bond donors (Lipinski definition) is 1. The van der Waals surface area contributed by atoms with Crippen LogP contribution in [0, 0.1) is 11.6 Å². The van der Waals surface area contributed by atoms with Gasteiger partial charge in [-0.05, 0) is 6.07 Å². The van der Waals surface area contributed by atoms with Crippen molar-refractivity contribution in [3.63, 3.8) is 0 Å². The Morgan fingerprint density at radius 2 is 1.89 bits per heavy atom. The van der Waals surface area contributed by atoms with Gasteiger partial charge < -0.3 is 5.73 Å². The van der Waals surface area contributed by atoms with Crippen molar-refractivity contribution >= 4 is 5.69 Å². The molecule has 0 aliphatic rings. The highest BCUT2D eigenvalue weighted by molar-refractivity contribution is 5.29. The molecule has 0 spiro atoms. The average molecular weight is 130 g/mol. The second-order valence-electron chi connectivity index (χ2n) is 1.74. The van der Waals surface area contributed by atoms with Gasteiger partial charge in [-0.25, -0.2) is 8.78 Å². The average Bonchev–Trinajstić information content (AvgIpc) is 1.80. The second-order valence-corrected chi connectivity index (χ2v) is 1.74. The summed E-state index contributed by atoms with van der Waals surface area (Å²) in [6.07, 6.45) is 0. The van der Waals surface area contributed by atoms with Crippen LogP contribution >= 0.6 is 0 Å². The smallest absolute Gasteiger partial charge is 0.186 e. The summed E-state index contributed by atoms with van der Waals surface area (Å²) in [5.41, 5.74) is 3.54. The van der Waals surface area contributed by atoms with E-state index in [9.17, 15) is 8.78 Å². The highest BCUT2D eigenvalue weighted by atomic mass is 19.1. The van der Waals surface area contributed by atoms with E-state index in [2.05, 4.69) is 5.73 Å². The van der Waals surface area contributed by atoms with Gasteiger partial charge in [-0.1, -0.05) is 0 Å². The Morgan fingerprint density at radius 1 is 1.22 bits per heavy atom. The van der Waals surface area contributed by atoms with Crippen LogP contribution in [0.25, 0.3) is 0 Å². The lowest BCUT2D eigenvalue weighted by Gasteiger charge is -1.88. The molecule has 0 saturated carbocycles. The van der Waals surface area contributed by atoms with Gasteiger partial charge in [0, 0.05) is 12.1 Å². The molecular weight excluding hydrogens is 124 g/mol. The predicted octanol–water partition coefficient (Wildman–Crippen LogP) is 0.838. The third-order valence-corrected chi connectivity index (χ3v) is 1.02. The summed E-state index contributed by atoms with van der Waals surface area (Å²) < 4.78 is 24.4. The minimum Gasteiger partial charge on any atom is -0.323 e. The van der Waals surface area contributed by atoms with E-state index in [1.165, 1.54) is 12.1 Å². The van der Waals surface area contributed by atoms with Crippen LogP contribution in [0.3, 0.4) is 0 Å².